The molecule has 0 saturated carbocycles. The fourth-order valence-corrected chi connectivity index (χ4v) is 5.05. The van der Waals surface area contributed by atoms with Crippen molar-refractivity contribution in [2.24, 2.45) is 0 Å². The Kier molecular flexibility index (Phi) is 6.39. The Morgan fingerprint density at radius 3 is 2.41 bits per heavy atom. The zero-order chi connectivity index (χ0) is 23.5. The van der Waals surface area contributed by atoms with E-state index in [9.17, 15) is 4.79 Å². The second kappa shape index (κ2) is 9.75. The molecule has 0 saturated heterocycles. The van der Waals surface area contributed by atoms with Gasteiger partial charge in [-0.3, -0.25) is 14.7 Å². The number of thiazole rings is 1. The van der Waals surface area contributed by atoms with E-state index in [2.05, 4.69) is 29.2 Å². The number of hydrogen-bond acceptors (Lipinski definition) is 4. The Hall–Kier alpha value is -3.54. The lowest BCUT2D eigenvalue weighted by Crippen LogP contribution is -2.31. The topological polar surface area (TPSA) is 46.1 Å². The summed E-state index contributed by atoms with van der Waals surface area (Å²) in [6.45, 7) is 2.36. The summed E-state index contributed by atoms with van der Waals surface area (Å²) in [5.41, 5.74) is 5.95. The third-order valence-corrected chi connectivity index (χ3v) is 7.20. The van der Waals surface area contributed by atoms with Crippen molar-refractivity contribution in [1.29, 1.82) is 0 Å². The molecule has 5 rings (SSSR count). The normalized spacial score (nSPS) is 11.0. The maximum Gasteiger partial charge on any atom is 0.233 e. The lowest BCUT2D eigenvalue weighted by molar-refractivity contribution is -0.118. The lowest BCUT2D eigenvalue weighted by atomic mass is 10.0. The fraction of sp³-hybridized carbons (Fsp3) is 0.107. The molecule has 1 amide bonds. The molecule has 2 aromatic heterocycles. The minimum Gasteiger partial charge on any atom is -0.283 e. The van der Waals surface area contributed by atoms with Gasteiger partial charge in [0, 0.05) is 17.4 Å². The first kappa shape index (κ1) is 22.3. The largest absolute Gasteiger partial charge is 0.283 e. The van der Waals surface area contributed by atoms with Crippen molar-refractivity contribution in [2.45, 2.75) is 19.9 Å². The number of carbonyl (C=O) groups is 1. The Morgan fingerprint density at radius 2 is 1.68 bits per heavy atom. The van der Waals surface area contributed by atoms with Crippen molar-refractivity contribution in [3.63, 3.8) is 0 Å². The smallest absolute Gasteiger partial charge is 0.233 e. The number of pyridine rings is 1. The van der Waals surface area contributed by atoms with Gasteiger partial charge in [-0.2, -0.15) is 0 Å². The molecule has 0 unspecified atom stereocenters. The number of halogens is 1. The summed E-state index contributed by atoms with van der Waals surface area (Å²) in [6, 6.07) is 26.1. The van der Waals surface area contributed by atoms with Crippen molar-refractivity contribution in [2.75, 3.05) is 4.90 Å². The first-order valence-corrected chi connectivity index (χ1v) is 12.2. The van der Waals surface area contributed by atoms with Crippen LogP contribution in [0.3, 0.4) is 0 Å². The van der Waals surface area contributed by atoms with E-state index < -0.39 is 0 Å². The van der Waals surface area contributed by atoms with Crippen LogP contribution in [-0.2, 0) is 17.8 Å². The summed E-state index contributed by atoms with van der Waals surface area (Å²) in [7, 11) is 0. The number of aromatic nitrogens is 2. The van der Waals surface area contributed by atoms with Crippen LogP contribution in [0.15, 0.2) is 91.3 Å². The van der Waals surface area contributed by atoms with Crippen LogP contribution < -0.4 is 4.90 Å². The van der Waals surface area contributed by atoms with E-state index in [0.29, 0.717) is 16.7 Å². The van der Waals surface area contributed by atoms with Gasteiger partial charge in [0.05, 0.1) is 23.2 Å². The van der Waals surface area contributed by atoms with Gasteiger partial charge in [-0.25, -0.2) is 4.98 Å². The van der Waals surface area contributed by atoms with Gasteiger partial charge in [0.2, 0.25) is 5.91 Å². The highest BCUT2D eigenvalue weighted by molar-refractivity contribution is 7.22. The molecule has 3 aromatic carbocycles. The van der Waals surface area contributed by atoms with Crippen LogP contribution in [-0.4, -0.2) is 15.9 Å². The van der Waals surface area contributed by atoms with Crippen molar-refractivity contribution < 1.29 is 4.79 Å². The fourth-order valence-electron chi connectivity index (χ4n) is 3.86. The number of benzene rings is 3. The molecule has 0 spiro atoms. The summed E-state index contributed by atoms with van der Waals surface area (Å²) in [4.78, 5) is 24.3. The van der Waals surface area contributed by atoms with Crippen molar-refractivity contribution in [1.82, 2.24) is 9.97 Å². The number of aryl methyl sites for hydroxylation is 1. The zero-order valence-corrected chi connectivity index (χ0v) is 20.2. The second-order valence-corrected chi connectivity index (χ2v) is 9.51. The molecule has 0 atom stereocenters. The quantitative estimate of drug-likeness (QED) is 0.259. The van der Waals surface area contributed by atoms with Crippen molar-refractivity contribution in [3.8, 4) is 11.1 Å². The van der Waals surface area contributed by atoms with Gasteiger partial charge < -0.3 is 0 Å². The molecule has 5 aromatic rings. The van der Waals surface area contributed by atoms with E-state index in [0.717, 1.165) is 38.0 Å². The first-order valence-electron chi connectivity index (χ1n) is 11.0. The number of carbonyl (C=O) groups excluding carboxylic acids is 1. The predicted octanol–water partition coefficient (Wildman–Crippen LogP) is 7.10. The lowest BCUT2D eigenvalue weighted by Gasteiger charge is -2.20. The van der Waals surface area contributed by atoms with E-state index in [1.807, 2.05) is 61.5 Å². The van der Waals surface area contributed by atoms with E-state index in [-0.39, 0.29) is 12.3 Å². The van der Waals surface area contributed by atoms with Crippen LogP contribution in [0.25, 0.3) is 21.3 Å². The summed E-state index contributed by atoms with van der Waals surface area (Å²) >= 11 is 7.81. The van der Waals surface area contributed by atoms with E-state index in [1.54, 1.807) is 17.3 Å². The van der Waals surface area contributed by atoms with E-state index >= 15 is 0 Å². The van der Waals surface area contributed by atoms with Crippen LogP contribution in [0.5, 0.6) is 0 Å². The third kappa shape index (κ3) is 4.72. The van der Waals surface area contributed by atoms with Crippen LogP contribution in [0, 0.1) is 6.92 Å². The number of rotatable bonds is 6. The van der Waals surface area contributed by atoms with Gasteiger partial charge in [-0.05, 0) is 52.9 Å². The van der Waals surface area contributed by atoms with Crippen LogP contribution in [0.4, 0.5) is 5.13 Å². The highest BCUT2D eigenvalue weighted by atomic mass is 35.5. The van der Waals surface area contributed by atoms with Gasteiger partial charge in [-0.1, -0.05) is 83.6 Å². The van der Waals surface area contributed by atoms with Crippen LogP contribution in [0.1, 0.15) is 16.7 Å². The molecule has 0 bridgehead atoms. The van der Waals surface area contributed by atoms with Crippen LogP contribution >= 0.6 is 22.9 Å². The molecule has 0 N–H and O–H groups in total. The number of nitrogens with zero attached hydrogens (tertiary/aromatic N) is 3. The summed E-state index contributed by atoms with van der Waals surface area (Å²) in [5.74, 6) is -0.0147. The standard InChI is InChI=1S/C28H22ClN3OS/c1-19-24(29)13-14-25-27(19)31-28(34-25)32(18-21-6-5-15-30-17-21)26(33)16-20-9-11-23(12-10-20)22-7-3-2-4-8-22/h2-15,17H,16,18H2,1H3. The van der Waals surface area contributed by atoms with Gasteiger partial charge in [0.1, 0.15) is 0 Å². The molecule has 0 aliphatic carbocycles. The number of hydrogen-bond donors (Lipinski definition) is 0. The Labute approximate surface area is 207 Å². The Bertz CT molecular complexity index is 1430. The summed E-state index contributed by atoms with van der Waals surface area (Å²) < 4.78 is 1.01. The molecule has 168 valence electrons. The number of anilines is 1. The highest BCUT2D eigenvalue weighted by Gasteiger charge is 2.21. The highest BCUT2D eigenvalue weighted by Crippen LogP contribution is 2.34. The predicted molar refractivity (Wildman–Crippen MR) is 140 cm³/mol. The maximum atomic E-state index is 13.5. The molecule has 2 heterocycles. The SMILES string of the molecule is Cc1c(Cl)ccc2sc(N(Cc3cccnc3)C(=O)Cc3ccc(-c4ccccc4)cc3)nc12. The maximum absolute atomic E-state index is 13.5. The Balaban J connectivity index is 1.44. The van der Waals surface area contributed by atoms with Gasteiger partial charge in [0.25, 0.3) is 0 Å². The molecule has 0 aliphatic rings. The van der Waals surface area contributed by atoms with Crippen molar-refractivity contribution in [3.05, 3.63) is 113 Å². The second-order valence-electron chi connectivity index (χ2n) is 8.10. The van der Waals surface area contributed by atoms with Crippen molar-refractivity contribution >= 4 is 44.2 Å². The minimum atomic E-state index is -0.0147. The van der Waals surface area contributed by atoms with E-state index in [4.69, 9.17) is 16.6 Å². The monoisotopic (exact) mass is 483 g/mol. The zero-order valence-electron chi connectivity index (χ0n) is 18.6. The number of amides is 1. The molecule has 6 heteroatoms. The molecule has 0 radical (unpaired) electrons. The molecule has 0 aliphatic heterocycles. The molecule has 0 fully saturated rings. The average molecular weight is 484 g/mol. The first-order chi connectivity index (χ1) is 16.6. The third-order valence-electron chi connectivity index (χ3n) is 5.75. The van der Waals surface area contributed by atoms with Gasteiger partial charge >= 0.3 is 0 Å². The summed E-state index contributed by atoms with van der Waals surface area (Å²) in [5, 5.41) is 1.34. The molecular weight excluding hydrogens is 462 g/mol. The molecule has 34 heavy (non-hydrogen) atoms. The van der Waals surface area contributed by atoms with Crippen LogP contribution in [0.2, 0.25) is 5.02 Å². The van der Waals surface area contributed by atoms with E-state index in [1.165, 1.54) is 11.3 Å². The Morgan fingerprint density at radius 1 is 0.912 bits per heavy atom. The molecular formula is C28H22ClN3OS. The number of fused-ring (bicyclic) bond motifs is 1. The molecule has 4 nitrogen and oxygen atoms in total. The average Bonchev–Trinajstić information content (AvgIpc) is 3.31. The minimum absolute atomic E-state index is 0.0147. The van der Waals surface area contributed by atoms with Gasteiger partial charge in [0.15, 0.2) is 5.13 Å². The summed E-state index contributed by atoms with van der Waals surface area (Å²) in [6.07, 6.45) is 3.79. The van der Waals surface area contributed by atoms with Gasteiger partial charge in [-0.15, -0.1) is 0 Å².